The van der Waals surface area contributed by atoms with Gasteiger partial charge in [-0.1, -0.05) is 6.92 Å². The van der Waals surface area contributed by atoms with Crippen molar-refractivity contribution >= 4 is 11.9 Å². The number of hydrogen-bond acceptors (Lipinski definition) is 4. The molecule has 1 atom stereocenters. The van der Waals surface area contributed by atoms with Crippen molar-refractivity contribution in [3.05, 3.63) is 0 Å². The molecule has 0 fully saturated rings. The number of ether oxygens (including phenoxy) is 2. The number of carbonyl (C=O) groups is 1. The second-order valence-corrected chi connectivity index (χ2v) is 2.64. The molecule has 0 aliphatic heterocycles. The van der Waals surface area contributed by atoms with E-state index < -0.39 is 17.5 Å². The number of carbonyl (C=O) groups excluding carboxylic acids is 1. The Morgan fingerprint density at radius 1 is 1.29 bits per heavy atom. The van der Waals surface area contributed by atoms with Crippen LogP contribution in [0.15, 0.2) is 0 Å². The maximum Gasteiger partial charge on any atom is 0.353 e. The van der Waals surface area contributed by atoms with E-state index in [9.17, 15) is 9.18 Å². The molecule has 0 aliphatic carbocycles. The van der Waals surface area contributed by atoms with E-state index in [4.69, 9.17) is 5.41 Å². The van der Waals surface area contributed by atoms with E-state index in [0.29, 0.717) is 0 Å². The molecule has 0 heterocycles. The van der Waals surface area contributed by atoms with E-state index in [2.05, 4.69) is 9.47 Å². The highest BCUT2D eigenvalue weighted by atomic mass is 19.1. The van der Waals surface area contributed by atoms with E-state index in [1.165, 1.54) is 6.92 Å². The number of esters is 1. The average Bonchev–Trinajstić information content (AvgIpc) is 2.17. The fourth-order valence-electron chi connectivity index (χ4n) is 0.902. The van der Waals surface area contributed by atoms with Crippen molar-refractivity contribution < 1.29 is 18.7 Å². The number of hydrogen-bond donors (Lipinski definition) is 1. The lowest BCUT2D eigenvalue weighted by atomic mass is 10.0. The smallest absolute Gasteiger partial charge is 0.353 e. The van der Waals surface area contributed by atoms with Crippen molar-refractivity contribution in [3.8, 4) is 0 Å². The van der Waals surface area contributed by atoms with E-state index in [1.807, 2.05) is 0 Å². The van der Waals surface area contributed by atoms with Gasteiger partial charge in [0, 0.05) is 0 Å². The van der Waals surface area contributed by atoms with Gasteiger partial charge in [-0.25, -0.2) is 9.18 Å². The molecule has 0 rings (SSSR count). The Labute approximate surface area is 82.9 Å². The van der Waals surface area contributed by atoms with Gasteiger partial charge < -0.3 is 9.47 Å². The summed E-state index contributed by atoms with van der Waals surface area (Å²) in [4.78, 5) is 11.2. The fraction of sp³-hybridized carbons (Fsp3) is 0.778. The van der Waals surface area contributed by atoms with E-state index >= 15 is 0 Å². The summed E-state index contributed by atoms with van der Waals surface area (Å²) in [6.07, 6.45) is -0.162. The first-order valence-electron chi connectivity index (χ1n) is 4.60. The van der Waals surface area contributed by atoms with Crippen LogP contribution >= 0.6 is 0 Å². The summed E-state index contributed by atoms with van der Waals surface area (Å²) in [6.45, 7) is 4.91. The monoisotopic (exact) mass is 205 g/mol. The zero-order chi connectivity index (χ0) is 11.2. The zero-order valence-corrected chi connectivity index (χ0v) is 8.72. The van der Waals surface area contributed by atoms with Crippen LogP contribution in [0.3, 0.4) is 0 Å². The molecule has 0 spiro atoms. The largest absolute Gasteiger partial charge is 0.479 e. The molecule has 0 saturated carbocycles. The summed E-state index contributed by atoms with van der Waals surface area (Å²) in [6, 6.07) is 0. The van der Waals surface area contributed by atoms with E-state index in [-0.39, 0.29) is 19.6 Å². The molecule has 14 heavy (non-hydrogen) atoms. The molecule has 0 saturated heterocycles. The van der Waals surface area contributed by atoms with Crippen LogP contribution in [-0.2, 0) is 14.3 Å². The van der Waals surface area contributed by atoms with Crippen molar-refractivity contribution in [2.45, 2.75) is 32.9 Å². The molecular formula is C9H16FNO3. The highest BCUT2D eigenvalue weighted by molar-refractivity contribution is 6.04. The maximum absolute atomic E-state index is 13.9. The Balaban J connectivity index is 4.60. The third kappa shape index (κ3) is 2.68. The molecule has 0 bridgehead atoms. The van der Waals surface area contributed by atoms with Crippen molar-refractivity contribution in [1.82, 2.24) is 0 Å². The molecule has 0 radical (unpaired) electrons. The SMILES string of the molecule is CCOC(=N)C(F)(CC)C(=O)OCC. The van der Waals surface area contributed by atoms with Crippen LogP contribution in [-0.4, -0.2) is 30.7 Å². The molecule has 0 aromatic rings. The summed E-state index contributed by atoms with van der Waals surface area (Å²) in [5, 5.41) is 7.25. The lowest BCUT2D eigenvalue weighted by Crippen LogP contribution is -2.44. The van der Waals surface area contributed by atoms with Gasteiger partial charge in [-0.15, -0.1) is 0 Å². The third-order valence-electron chi connectivity index (χ3n) is 1.73. The molecular weight excluding hydrogens is 189 g/mol. The first-order valence-corrected chi connectivity index (χ1v) is 4.60. The van der Waals surface area contributed by atoms with Crippen LogP contribution in [0.25, 0.3) is 0 Å². The van der Waals surface area contributed by atoms with Gasteiger partial charge in [0.1, 0.15) is 0 Å². The highest BCUT2D eigenvalue weighted by Gasteiger charge is 2.45. The molecule has 0 amide bonds. The number of rotatable bonds is 5. The van der Waals surface area contributed by atoms with Crippen LogP contribution in [0.5, 0.6) is 0 Å². The fourth-order valence-corrected chi connectivity index (χ4v) is 0.902. The van der Waals surface area contributed by atoms with E-state index in [0.717, 1.165) is 0 Å². The van der Waals surface area contributed by atoms with Crippen LogP contribution in [0.4, 0.5) is 4.39 Å². The molecule has 1 unspecified atom stereocenters. The lowest BCUT2D eigenvalue weighted by Gasteiger charge is -2.21. The van der Waals surface area contributed by atoms with Crippen molar-refractivity contribution in [1.29, 1.82) is 5.41 Å². The van der Waals surface area contributed by atoms with Gasteiger partial charge in [-0.05, 0) is 20.3 Å². The number of halogens is 1. The third-order valence-corrected chi connectivity index (χ3v) is 1.73. The molecule has 0 aromatic heterocycles. The van der Waals surface area contributed by atoms with E-state index in [1.54, 1.807) is 13.8 Å². The predicted octanol–water partition coefficient (Wildman–Crippen LogP) is 1.68. The average molecular weight is 205 g/mol. The van der Waals surface area contributed by atoms with Crippen LogP contribution in [0.1, 0.15) is 27.2 Å². The number of alkyl halides is 1. The zero-order valence-electron chi connectivity index (χ0n) is 8.72. The second kappa shape index (κ2) is 5.57. The molecule has 5 heteroatoms. The topological polar surface area (TPSA) is 59.4 Å². The Hall–Kier alpha value is -1.13. The van der Waals surface area contributed by atoms with Gasteiger partial charge in [-0.3, -0.25) is 5.41 Å². The minimum absolute atomic E-state index is 0.0872. The summed E-state index contributed by atoms with van der Waals surface area (Å²) in [5.74, 6) is -1.73. The molecule has 0 aromatic carbocycles. The van der Waals surface area contributed by atoms with Crippen LogP contribution in [0, 0.1) is 5.41 Å². The van der Waals surface area contributed by atoms with Crippen molar-refractivity contribution in [2.75, 3.05) is 13.2 Å². The Morgan fingerprint density at radius 2 is 1.79 bits per heavy atom. The maximum atomic E-state index is 13.9. The Kier molecular flexibility index (Phi) is 5.12. The first-order chi connectivity index (χ1) is 6.52. The molecule has 0 aliphatic rings. The van der Waals surface area contributed by atoms with Gasteiger partial charge in [0.25, 0.3) is 5.67 Å². The molecule has 4 nitrogen and oxygen atoms in total. The second-order valence-electron chi connectivity index (χ2n) is 2.64. The standard InChI is InChI=1S/C9H16FNO3/c1-4-9(10,7(11)13-5-2)8(12)14-6-3/h11H,4-6H2,1-3H3. The highest BCUT2D eigenvalue weighted by Crippen LogP contribution is 2.20. The quantitative estimate of drug-likeness (QED) is 0.422. The summed E-state index contributed by atoms with van der Waals surface area (Å²) in [7, 11) is 0. The predicted molar refractivity (Wildman–Crippen MR) is 50.1 cm³/mol. The number of nitrogens with one attached hydrogen (secondary N) is 1. The summed E-state index contributed by atoms with van der Waals surface area (Å²) < 4.78 is 23.1. The summed E-state index contributed by atoms with van der Waals surface area (Å²) >= 11 is 0. The van der Waals surface area contributed by atoms with Gasteiger partial charge in [0.05, 0.1) is 13.2 Å². The molecule has 82 valence electrons. The van der Waals surface area contributed by atoms with Gasteiger partial charge in [0.2, 0.25) is 5.90 Å². The summed E-state index contributed by atoms with van der Waals surface area (Å²) in [5.41, 5.74) is -2.44. The van der Waals surface area contributed by atoms with Gasteiger partial charge >= 0.3 is 5.97 Å². The lowest BCUT2D eigenvalue weighted by molar-refractivity contribution is -0.153. The van der Waals surface area contributed by atoms with Crippen LogP contribution < -0.4 is 0 Å². The Morgan fingerprint density at radius 3 is 2.14 bits per heavy atom. The van der Waals surface area contributed by atoms with Gasteiger partial charge in [-0.2, -0.15) is 0 Å². The van der Waals surface area contributed by atoms with Crippen molar-refractivity contribution in [3.63, 3.8) is 0 Å². The Bertz CT molecular complexity index is 200. The minimum atomic E-state index is -2.44. The van der Waals surface area contributed by atoms with Crippen LogP contribution in [0.2, 0.25) is 0 Å². The van der Waals surface area contributed by atoms with Gasteiger partial charge in [0.15, 0.2) is 0 Å². The first kappa shape index (κ1) is 12.9. The normalized spacial score (nSPS) is 14.3. The van der Waals surface area contributed by atoms with Crippen molar-refractivity contribution in [2.24, 2.45) is 0 Å². The minimum Gasteiger partial charge on any atom is -0.479 e. The molecule has 1 N–H and O–H groups in total.